The number of hydrogen-bond acceptors (Lipinski definition) is 4. The molecule has 2 rings (SSSR count). The fourth-order valence-electron chi connectivity index (χ4n) is 2.15. The predicted molar refractivity (Wildman–Crippen MR) is 73.0 cm³/mol. The molecule has 1 aliphatic rings. The Kier molecular flexibility index (Phi) is 4.19. The van der Waals surface area contributed by atoms with E-state index in [0.717, 1.165) is 13.0 Å². The van der Waals surface area contributed by atoms with Crippen LogP contribution in [0.5, 0.6) is 0 Å². The van der Waals surface area contributed by atoms with E-state index in [1.807, 2.05) is 17.9 Å². The lowest BCUT2D eigenvalue weighted by Crippen LogP contribution is -2.30. The van der Waals surface area contributed by atoms with E-state index >= 15 is 0 Å². The Morgan fingerprint density at radius 1 is 1.56 bits per heavy atom. The molecule has 1 aromatic carbocycles. The van der Waals surface area contributed by atoms with Crippen molar-refractivity contribution in [3.8, 4) is 0 Å². The lowest BCUT2D eigenvalue weighted by Gasteiger charge is -2.24. The van der Waals surface area contributed by atoms with Crippen molar-refractivity contribution < 1.29 is 9.66 Å². The quantitative estimate of drug-likeness (QED) is 0.622. The summed E-state index contributed by atoms with van der Waals surface area (Å²) >= 11 is 3.25. The molecule has 1 aromatic rings. The molecule has 1 fully saturated rings. The van der Waals surface area contributed by atoms with Gasteiger partial charge in [0.2, 0.25) is 0 Å². The maximum Gasteiger partial charge on any atom is 0.306 e. The maximum atomic E-state index is 11.2. The van der Waals surface area contributed by atoms with E-state index < -0.39 is 0 Å². The molecule has 0 amide bonds. The lowest BCUT2D eigenvalue weighted by atomic mass is 10.2. The molecule has 0 aromatic heterocycles. The first-order chi connectivity index (χ1) is 8.59. The van der Waals surface area contributed by atoms with Crippen LogP contribution in [0.25, 0.3) is 0 Å². The molecule has 1 aliphatic heterocycles. The average molecular weight is 315 g/mol. The van der Waals surface area contributed by atoms with Crippen LogP contribution in [0.2, 0.25) is 0 Å². The molecular formula is C12H15BrN2O3. The van der Waals surface area contributed by atoms with E-state index in [9.17, 15) is 10.1 Å². The van der Waals surface area contributed by atoms with Crippen LogP contribution >= 0.6 is 15.9 Å². The highest BCUT2D eigenvalue weighted by atomic mass is 79.9. The third kappa shape index (κ3) is 2.81. The van der Waals surface area contributed by atoms with Crippen molar-refractivity contribution in [2.75, 3.05) is 24.6 Å². The smallest absolute Gasteiger partial charge is 0.306 e. The Hall–Kier alpha value is -1.14. The van der Waals surface area contributed by atoms with Gasteiger partial charge in [-0.25, -0.2) is 0 Å². The summed E-state index contributed by atoms with van der Waals surface area (Å²) in [6.45, 7) is 4.15. The van der Waals surface area contributed by atoms with E-state index in [1.165, 1.54) is 0 Å². The van der Waals surface area contributed by atoms with Crippen LogP contribution < -0.4 is 4.90 Å². The summed E-state index contributed by atoms with van der Waals surface area (Å²) in [5.41, 5.74) is 0.790. The van der Waals surface area contributed by atoms with E-state index in [-0.39, 0.29) is 16.7 Å². The third-order valence-corrected chi connectivity index (χ3v) is 3.58. The van der Waals surface area contributed by atoms with Gasteiger partial charge < -0.3 is 9.64 Å². The molecule has 0 saturated carbocycles. The number of nitrogens with zero attached hydrogens (tertiary/aromatic N) is 2. The second-order valence-electron chi connectivity index (χ2n) is 4.35. The van der Waals surface area contributed by atoms with Gasteiger partial charge in [0.05, 0.1) is 15.5 Å². The van der Waals surface area contributed by atoms with Crippen molar-refractivity contribution >= 4 is 27.3 Å². The summed E-state index contributed by atoms with van der Waals surface area (Å²) in [6, 6.07) is 5.31. The van der Waals surface area contributed by atoms with Crippen LogP contribution in [0.4, 0.5) is 11.4 Å². The summed E-state index contributed by atoms with van der Waals surface area (Å²) in [7, 11) is 0. The van der Waals surface area contributed by atoms with Crippen molar-refractivity contribution in [1.29, 1.82) is 0 Å². The molecule has 18 heavy (non-hydrogen) atoms. The molecule has 0 spiro atoms. The average Bonchev–Trinajstić information content (AvgIpc) is 2.53. The van der Waals surface area contributed by atoms with Gasteiger partial charge in [-0.2, -0.15) is 0 Å². The highest BCUT2D eigenvalue weighted by Gasteiger charge is 2.25. The molecule has 1 atom stereocenters. The van der Waals surface area contributed by atoms with Gasteiger partial charge in [-0.1, -0.05) is 6.07 Å². The summed E-state index contributed by atoms with van der Waals surface area (Å²) in [5.74, 6) is 0. The molecule has 6 heteroatoms. The normalized spacial score (nSPS) is 20.6. The minimum Gasteiger partial charge on any atom is -0.377 e. The molecule has 98 valence electrons. The number of halogens is 1. The second kappa shape index (κ2) is 5.67. The van der Waals surface area contributed by atoms with Crippen LogP contribution in [-0.2, 0) is 4.74 Å². The van der Waals surface area contributed by atoms with Gasteiger partial charge in [-0.05, 0) is 41.4 Å². The molecule has 5 nitrogen and oxygen atoms in total. The second-order valence-corrected chi connectivity index (χ2v) is 5.20. The number of rotatable bonds is 2. The van der Waals surface area contributed by atoms with Crippen molar-refractivity contribution in [3.63, 3.8) is 0 Å². The van der Waals surface area contributed by atoms with E-state index in [2.05, 4.69) is 15.9 Å². The Bertz CT molecular complexity index is 453. The monoisotopic (exact) mass is 314 g/mol. The Balaban J connectivity index is 2.37. The zero-order valence-corrected chi connectivity index (χ0v) is 11.7. The van der Waals surface area contributed by atoms with Gasteiger partial charge in [0.25, 0.3) is 0 Å². The zero-order chi connectivity index (χ0) is 13.1. The molecule has 0 N–H and O–H groups in total. The van der Waals surface area contributed by atoms with E-state index in [0.29, 0.717) is 23.3 Å². The van der Waals surface area contributed by atoms with Gasteiger partial charge in [0.15, 0.2) is 0 Å². The van der Waals surface area contributed by atoms with Gasteiger partial charge in [0, 0.05) is 19.7 Å². The molecule has 0 aliphatic carbocycles. The first-order valence-electron chi connectivity index (χ1n) is 5.89. The Morgan fingerprint density at radius 3 is 3.06 bits per heavy atom. The van der Waals surface area contributed by atoms with Crippen molar-refractivity contribution in [2.24, 2.45) is 0 Å². The molecular weight excluding hydrogens is 300 g/mol. The largest absolute Gasteiger partial charge is 0.377 e. The minimum atomic E-state index is -0.337. The number of para-hydroxylation sites is 1. The van der Waals surface area contributed by atoms with Crippen molar-refractivity contribution in [2.45, 2.75) is 19.4 Å². The van der Waals surface area contributed by atoms with Crippen LogP contribution in [0.1, 0.15) is 13.3 Å². The van der Waals surface area contributed by atoms with Crippen LogP contribution in [0, 0.1) is 10.1 Å². The molecule has 1 saturated heterocycles. The topological polar surface area (TPSA) is 55.6 Å². The third-order valence-electron chi connectivity index (χ3n) is 2.94. The molecule has 0 radical (unpaired) electrons. The minimum absolute atomic E-state index is 0.0890. The molecule has 1 heterocycles. The molecule has 0 unspecified atom stereocenters. The standard InChI is InChI=1S/C12H15BrN2O3/c1-9-8-14(6-3-7-18-9)11-5-2-4-10(13)12(11)15(16)17/h2,4-5,9H,3,6-8H2,1H3/t9-/m0/s1. The number of benzene rings is 1. The van der Waals surface area contributed by atoms with Crippen molar-refractivity contribution in [3.05, 3.63) is 32.8 Å². The van der Waals surface area contributed by atoms with Gasteiger partial charge in [-0.3, -0.25) is 10.1 Å². The first-order valence-corrected chi connectivity index (χ1v) is 6.68. The number of nitro groups is 1. The lowest BCUT2D eigenvalue weighted by molar-refractivity contribution is -0.384. The number of ether oxygens (including phenoxy) is 1. The van der Waals surface area contributed by atoms with E-state index in [1.54, 1.807) is 12.1 Å². The van der Waals surface area contributed by atoms with Crippen LogP contribution in [-0.4, -0.2) is 30.7 Å². The summed E-state index contributed by atoms with van der Waals surface area (Å²) in [6.07, 6.45) is 0.972. The highest BCUT2D eigenvalue weighted by molar-refractivity contribution is 9.10. The van der Waals surface area contributed by atoms with Gasteiger partial charge in [-0.15, -0.1) is 0 Å². The van der Waals surface area contributed by atoms with Crippen molar-refractivity contribution in [1.82, 2.24) is 0 Å². The Morgan fingerprint density at radius 2 is 2.33 bits per heavy atom. The number of nitro benzene ring substituents is 1. The number of hydrogen-bond donors (Lipinski definition) is 0. The summed E-state index contributed by atoms with van der Waals surface area (Å²) < 4.78 is 6.08. The fraction of sp³-hybridized carbons (Fsp3) is 0.500. The number of anilines is 1. The van der Waals surface area contributed by atoms with Gasteiger partial charge >= 0.3 is 5.69 Å². The molecule has 0 bridgehead atoms. The predicted octanol–water partition coefficient (Wildman–Crippen LogP) is 2.97. The first kappa shape index (κ1) is 13.3. The van der Waals surface area contributed by atoms with Crippen LogP contribution in [0.3, 0.4) is 0 Å². The fourth-order valence-corrected chi connectivity index (χ4v) is 2.65. The van der Waals surface area contributed by atoms with Gasteiger partial charge in [0.1, 0.15) is 5.69 Å². The van der Waals surface area contributed by atoms with E-state index in [4.69, 9.17) is 4.74 Å². The maximum absolute atomic E-state index is 11.2. The highest BCUT2D eigenvalue weighted by Crippen LogP contribution is 2.35. The summed E-state index contributed by atoms with van der Waals surface area (Å²) in [5, 5.41) is 11.2. The Labute approximate surface area is 114 Å². The SMILES string of the molecule is C[C@H]1CN(c2cccc(Br)c2[N+](=O)[O-])CCCO1. The van der Waals surface area contributed by atoms with Crippen LogP contribution in [0.15, 0.2) is 22.7 Å². The summed E-state index contributed by atoms with van der Waals surface area (Å²) in [4.78, 5) is 12.9. The zero-order valence-electron chi connectivity index (χ0n) is 10.1.